The third kappa shape index (κ3) is 2.94. The molecule has 7 nitrogen and oxygen atoms in total. The zero-order valence-corrected chi connectivity index (χ0v) is 13.9. The van der Waals surface area contributed by atoms with Gasteiger partial charge in [-0.05, 0) is 30.9 Å². The van der Waals surface area contributed by atoms with Gasteiger partial charge in [-0.1, -0.05) is 12.1 Å². The summed E-state index contributed by atoms with van der Waals surface area (Å²) in [6, 6.07) is 7.11. The van der Waals surface area contributed by atoms with Crippen molar-refractivity contribution < 1.29 is 14.6 Å². The minimum atomic E-state index is -0.205. The third-order valence-corrected chi connectivity index (χ3v) is 5.25. The number of aromatic nitrogens is 2. The van der Waals surface area contributed by atoms with Crippen LogP contribution in [0.15, 0.2) is 35.4 Å². The first-order valence-corrected chi connectivity index (χ1v) is 8.63. The average Bonchev–Trinajstić information content (AvgIpc) is 3.07. The SMILES string of the molecule is O=C(Cn1cnc2ccccc2c1=O)N1CCOC2C[C@H](CO)C[C@@H]21. The molecule has 1 aliphatic carbocycles. The van der Waals surface area contributed by atoms with Gasteiger partial charge < -0.3 is 14.7 Å². The van der Waals surface area contributed by atoms with Crippen molar-refractivity contribution in [2.45, 2.75) is 31.5 Å². The van der Waals surface area contributed by atoms with Crippen LogP contribution in [0.2, 0.25) is 0 Å². The van der Waals surface area contributed by atoms with Gasteiger partial charge >= 0.3 is 0 Å². The molecule has 1 aliphatic heterocycles. The number of para-hydroxylation sites is 1. The number of carbonyl (C=O) groups is 1. The van der Waals surface area contributed by atoms with E-state index in [0.29, 0.717) is 24.1 Å². The Bertz CT molecular complexity index is 850. The molecule has 1 saturated carbocycles. The van der Waals surface area contributed by atoms with Gasteiger partial charge in [-0.25, -0.2) is 4.98 Å². The van der Waals surface area contributed by atoms with Crippen molar-refractivity contribution in [3.63, 3.8) is 0 Å². The summed E-state index contributed by atoms with van der Waals surface area (Å²) < 4.78 is 7.13. The largest absolute Gasteiger partial charge is 0.396 e. The maximum Gasteiger partial charge on any atom is 0.261 e. The van der Waals surface area contributed by atoms with E-state index < -0.39 is 0 Å². The second kappa shape index (κ2) is 6.57. The second-order valence-corrected chi connectivity index (χ2v) is 6.78. The van der Waals surface area contributed by atoms with E-state index in [1.807, 2.05) is 11.0 Å². The summed E-state index contributed by atoms with van der Waals surface area (Å²) in [6.07, 6.45) is 2.95. The van der Waals surface area contributed by atoms with E-state index in [2.05, 4.69) is 4.98 Å². The number of carbonyl (C=O) groups excluding carboxylic acids is 1. The Kier molecular flexibility index (Phi) is 4.27. The smallest absolute Gasteiger partial charge is 0.261 e. The summed E-state index contributed by atoms with van der Waals surface area (Å²) in [5.41, 5.74) is 0.424. The number of aliphatic hydroxyl groups excluding tert-OH is 1. The van der Waals surface area contributed by atoms with Crippen LogP contribution in [-0.4, -0.2) is 57.4 Å². The summed E-state index contributed by atoms with van der Waals surface area (Å²) >= 11 is 0. The third-order valence-electron chi connectivity index (χ3n) is 5.25. The van der Waals surface area contributed by atoms with E-state index >= 15 is 0 Å². The number of amides is 1. The monoisotopic (exact) mass is 343 g/mol. The fourth-order valence-corrected chi connectivity index (χ4v) is 3.96. The normalized spacial score (nSPS) is 26.0. The van der Waals surface area contributed by atoms with Gasteiger partial charge in [0.15, 0.2) is 0 Å². The number of ether oxygens (including phenoxy) is 1. The molecule has 2 aromatic rings. The Hall–Kier alpha value is -2.25. The predicted molar refractivity (Wildman–Crippen MR) is 91.1 cm³/mol. The minimum absolute atomic E-state index is 0.0116. The van der Waals surface area contributed by atoms with Gasteiger partial charge in [-0.15, -0.1) is 0 Å². The molecular weight excluding hydrogens is 322 g/mol. The molecule has 25 heavy (non-hydrogen) atoms. The van der Waals surface area contributed by atoms with Crippen LogP contribution in [0.25, 0.3) is 10.9 Å². The number of morpholine rings is 1. The zero-order chi connectivity index (χ0) is 17.4. The summed E-state index contributed by atoms with van der Waals surface area (Å²) in [4.78, 5) is 31.5. The Morgan fingerprint density at radius 1 is 1.32 bits per heavy atom. The number of hydrogen-bond donors (Lipinski definition) is 1. The van der Waals surface area contributed by atoms with E-state index in [9.17, 15) is 14.7 Å². The number of rotatable bonds is 3. The van der Waals surface area contributed by atoms with Crippen molar-refractivity contribution in [1.82, 2.24) is 14.5 Å². The number of nitrogens with zero attached hydrogens (tertiary/aromatic N) is 3. The van der Waals surface area contributed by atoms with Gasteiger partial charge in [0, 0.05) is 13.2 Å². The molecule has 2 heterocycles. The van der Waals surface area contributed by atoms with Gasteiger partial charge in [0.1, 0.15) is 6.54 Å². The topological polar surface area (TPSA) is 84.7 Å². The number of benzene rings is 1. The van der Waals surface area contributed by atoms with E-state index in [1.165, 1.54) is 10.9 Å². The van der Waals surface area contributed by atoms with Crippen molar-refractivity contribution in [1.29, 1.82) is 0 Å². The molecule has 1 aromatic heterocycles. The molecule has 2 fully saturated rings. The first-order valence-electron chi connectivity index (χ1n) is 8.63. The van der Waals surface area contributed by atoms with Gasteiger partial charge in [-0.3, -0.25) is 14.2 Å². The Balaban J connectivity index is 1.56. The average molecular weight is 343 g/mol. The Morgan fingerprint density at radius 2 is 2.16 bits per heavy atom. The summed E-state index contributed by atoms with van der Waals surface area (Å²) in [7, 11) is 0. The molecule has 3 atom stereocenters. The van der Waals surface area contributed by atoms with Gasteiger partial charge in [-0.2, -0.15) is 0 Å². The van der Waals surface area contributed by atoms with E-state index in [0.717, 1.165) is 12.8 Å². The van der Waals surface area contributed by atoms with Crippen molar-refractivity contribution in [3.8, 4) is 0 Å². The van der Waals surface area contributed by atoms with Crippen LogP contribution in [0.4, 0.5) is 0 Å². The highest BCUT2D eigenvalue weighted by Gasteiger charge is 2.42. The highest BCUT2D eigenvalue weighted by Crippen LogP contribution is 2.34. The summed E-state index contributed by atoms with van der Waals surface area (Å²) in [5.74, 6) is 0.0736. The molecule has 0 spiro atoms. The predicted octanol–water partition coefficient (Wildman–Crippen LogP) is 0.395. The zero-order valence-electron chi connectivity index (χ0n) is 13.9. The Morgan fingerprint density at radius 3 is 3.00 bits per heavy atom. The molecule has 132 valence electrons. The standard InChI is InChI=1S/C18H21N3O4/c22-10-12-7-15-16(8-12)25-6-5-21(15)17(23)9-20-11-19-14-4-2-1-3-13(14)18(20)24/h1-4,11-12,15-16,22H,5-10H2/t12-,15+,16?/m1/s1. The molecule has 1 amide bonds. The Labute approximate surface area is 144 Å². The molecule has 0 radical (unpaired) electrons. The van der Waals surface area contributed by atoms with Crippen LogP contribution in [0, 0.1) is 5.92 Å². The van der Waals surface area contributed by atoms with Crippen LogP contribution in [0.5, 0.6) is 0 Å². The molecule has 7 heteroatoms. The lowest BCUT2D eigenvalue weighted by Gasteiger charge is -2.37. The van der Waals surface area contributed by atoms with Gasteiger partial charge in [0.2, 0.25) is 5.91 Å². The first kappa shape index (κ1) is 16.2. The van der Waals surface area contributed by atoms with Gasteiger partial charge in [0.05, 0.1) is 36.0 Å². The summed E-state index contributed by atoms with van der Waals surface area (Å²) in [6.45, 7) is 1.11. The fourth-order valence-electron chi connectivity index (χ4n) is 3.96. The van der Waals surface area contributed by atoms with E-state index in [4.69, 9.17) is 4.74 Å². The lowest BCUT2D eigenvalue weighted by Crippen LogP contribution is -2.52. The molecule has 1 N–H and O–H groups in total. The van der Waals surface area contributed by atoms with E-state index in [1.54, 1.807) is 18.2 Å². The van der Waals surface area contributed by atoms with Crippen LogP contribution >= 0.6 is 0 Å². The van der Waals surface area contributed by atoms with Crippen LogP contribution in [-0.2, 0) is 16.1 Å². The van der Waals surface area contributed by atoms with Crippen molar-refractivity contribution >= 4 is 16.8 Å². The van der Waals surface area contributed by atoms with E-state index in [-0.39, 0.29) is 42.7 Å². The molecule has 2 aliphatic rings. The van der Waals surface area contributed by atoms with Crippen LogP contribution in [0.3, 0.4) is 0 Å². The molecule has 4 rings (SSSR count). The minimum Gasteiger partial charge on any atom is -0.396 e. The summed E-state index contributed by atoms with van der Waals surface area (Å²) in [5, 5.41) is 9.91. The number of fused-ring (bicyclic) bond motifs is 2. The van der Waals surface area contributed by atoms with Crippen molar-refractivity contribution in [2.24, 2.45) is 5.92 Å². The van der Waals surface area contributed by atoms with Crippen molar-refractivity contribution in [2.75, 3.05) is 19.8 Å². The maximum absolute atomic E-state index is 12.8. The number of hydrogen-bond acceptors (Lipinski definition) is 5. The van der Waals surface area contributed by atoms with Crippen molar-refractivity contribution in [3.05, 3.63) is 40.9 Å². The second-order valence-electron chi connectivity index (χ2n) is 6.78. The molecule has 1 saturated heterocycles. The molecular formula is C18H21N3O4. The molecule has 0 bridgehead atoms. The quantitative estimate of drug-likeness (QED) is 0.872. The highest BCUT2D eigenvalue weighted by molar-refractivity contribution is 5.79. The number of aliphatic hydroxyl groups is 1. The molecule has 1 aromatic carbocycles. The lowest BCUT2D eigenvalue weighted by molar-refractivity contribution is -0.144. The fraction of sp³-hybridized carbons (Fsp3) is 0.500. The maximum atomic E-state index is 12.8. The van der Waals surface area contributed by atoms with Gasteiger partial charge in [0.25, 0.3) is 5.56 Å². The van der Waals surface area contributed by atoms with Crippen LogP contribution in [0.1, 0.15) is 12.8 Å². The highest BCUT2D eigenvalue weighted by atomic mass is 16.5. The van der Waals surface area contributed by atoms with Crippen LogP contribution < -0.4 is 5.56 Å². The molecule has 1 unspecified atom stereocenters. The first-order chi connectivity index (χ1) is 12.2. The lowest BCUT2D eigenvalue weighted by atomic mass is 10.1.